The number of urea groups is 1. The average molecular weight is 616 g/mol. The van der Waals surface area contributed by atoms with Crippen molar-refractivity contribution in [2.24, 2.45) is 0 Å². The highest BCUT2D eigenvalue weighted by Crippen LogP contribution is 2.47. The molecule has 5 rings (SSSR count). The molecule has 10 heteroatoms. The van der Waals surface area contributed by atoms with E-state index in [4.69, 9.17) is 23.2 Å². The van der Waals surface area contributed by atoms with Gasteiger partial charge in [0.05, 0.1) is 34.1 Å². The lowest BCUT2D eigenvalue weighted by molar-refractivity contribution is 0.161. The second-order valence-electron chi connectivity index (χ2n) is 11.2. The smallest absolute Gasteiger partial charge is 0.315 e. The standard InChI is InChI=1S/C31H36Cl2N4O3S/c1-22(23-8-4-3-5-9-23)34-30(38)35-28(24-12-13-26(32)27(33)20-24)14-17-36-18-15-31(16-19-36)21-37(41(2,39)40)29-11-7-6-10-25(29)31/h3-13,20,22,28H,14-19,21H2,1-2H3,(H2,34,35,38)/t22-,28?/m1/s1. The van der Waals surface area contributed by atoms with Gasteiger partial charge >= 0.3 is 6.03 Å². The molecule has 0 aliphatic carbocycles. The molecular weight excluding hydrogens is 579 g/mol. The number of anilines is 1. The van der Waals surface area contributed by atoms with E-state index >= 15 is 0 Å². The summed E-state index contributed by atoms with van der Waals surface area (Å²) in [5, 5.41) is 7.11. The van der Waals surface area contributed by atoms with E-state index in [0.29, 0.717) is 23.0 Å². The molecule has 218 valence electrons. The zero-order chi connectivity index (χ0) is 29.2. The first-order valence-corrected chi connectivity index (χ1v) is 16.5. The highest BCUT2D eigenvalue weighted by Gasteiger charge is 2.46. The van der Waals surface area contributed by atoms with E-state index in [2.05, 4.69) is 21.6 Å². The molecule has 2 N–H and O–H groups in total. The predicted molar refractivity (Wildman–Crippen MR) is 166 cm³/mol. The summed E-state index contributed by atoms with van der Waals surface area (Å²) < 4.78 is 26.6. The van der Waals surface area contributed by atoms with Crippen molar-refractivity contribution in [3.05, 3.63) is 99.5 Å². The summed E-state index contributed by atoms with van der Waals surface area (Å²) in [6.45, 7) is 4.91. The largest absolute Gasteiger partial charge is 0.332 e. The van der Waals surface area contributed by atoms with Crippen LogP contribution in [0.15, 0.2) is 72.8 Å². The lowest BCUT2D eigenvalue weighted by Crippen LogP contribution is -2.46. The summed E-state index contributed by atoms with van der Waals surface area (Å²) in [6.07, 6.45) is 3.71. The van der Waals surface area contributed by atoms with Crippen LogP contribution in [0.5, 0.6) is 0 Å². The number of amides is 2. The zero-order valence-electron chi connectivity index (χ0n) is 23.3. The van der Waals surface area contributed by atoms with Gasteiger partial charge in [-0.15, -0.1) is 0 Å². The Hall–Kier alpha value is -2.78. The van der Waals surface area contributed by atoms with Gasteiger partial charge in [-0.1, -0.05) is 77.8 Å². The molecule has 0 radical (unpaired) electrons. The molecule has 3 aromatic rings. The summed E-state index contributed by atoms with van der Waals surface area (Å²) in [4.78, 5) is 15.5. The van der Waals surface area contributed by atoms with Gasteiger partial charge in [0.15, 0.2) is 0 Å². The number of fused-ring (bicyclic) bond motifs is 2. The van der Waals surface area contributed by atoms with Crippen LogP contribution >= 0.6 is 23.2 Å². The third-order valence-corrected chi connectivity index (χ3v) is 10.3. The molecule has 3 aromatic carbocycles. The van der Waals surface area contributed by atoms with Gasteiger partial charge in [-0.3, -0.25) is 4.31 Å². The molecule has 2 amide bonds. The van der Waals surface area contributed by atoms with Crippen LogP contribution in [-0.2, 0) is 15.4 Å². The molecule has 2 aliphatic heterocycles. The quantitative estimate of drug-likeness (QED) is 0.312. The number of benzene rings is 3. The Morgan fingerprint density at radius 1 is 0.927 bits per heavy atom. The Morgan fingerprint density at radius 2 is 1.61 bits per heavy atom. The zero-order valence-corrected chi connectivity index (χ0v) is 25.6. The maximum absolute atomic E-state index is 13.1. The molecule has 2 heterocycles. The number of carbonyl (C=O) groups excluding carboxylic acids is 1. The van der Waals surface area contributed by atoms with Crippen LogP contribution in [-0.4, -0.2) is 51.8 Å². The van der Waals surface area contributed by atoms with Gasteiger partial charge in [-0.2, -0.15) is 0 Å². The number of likely N-dealkylation sites (tertiary alicyclic amines) is 1. The predicted octanol–water partition coefficient (Wildman–Crippen LogP) is 6.30. The number of nitrogens with zero attached hydrogens (tertiary/aromatic N) is 2. The number of halogens is 2. The molecule has 41 heavy (non-hydrogen) atoms. The van der Waals surface area contributed by atoms with E-state index in [9.17, 15) is 13.2 Å². The van der Waals surface area contributed by atoms with E-state index in [1.807, 2.05) is 67.6 Å². The molecule has 0 aromatic heterocycles. The van der Waals surface area contributed by atoms with Crippen LogP contribution in [0, 0.1) is 0 Å². The van der Waals surface area contributed by atoms with Crippen LogP contribution < -0.4 is 14.9 Å². The van der Waals surface area contributed by atoms with Crippen molar-refractivity contribution in [3.8, 4) is 0 Å². The monoisotopic (exact) mass is 614 g/mol. The van der Waals surface area contributed by atoms with Crippen molar-refractivity contribution in [2.75, 3.05) is 36.7 Å². The van der Waals surface area contributed by atoms with Gasteiger partial charge in [0.25, 0.3) is 0 Å². The Morgan fingerprint density at radius 3 is 2.29 bits per heavy atom. The topological polar surface area (TPSA) is 81.8 Å². The summed E-state index contributed by atoms with van der Waals surface area (Å²) >= 11 is 12.5. The van der Waals surface area contributed by atoms with Crippen molar-refractivity contribution in [1.82, 2.24) is 15.5 Å². The first-order chi connectivity index (χ1) is 19.6. The van der Waals surface area contributed by atoms with Gasteiger partial charge < -0.3 is 15.5 Å². The SMILES string of the molecule is C[C@@H](NC(=O)NC(CCN1CCC2(CC1)CN(S(C)(=O)=O)c1ccccc12)c1ccc(Cl)c(Cl)c1)c1ccccc1. The first kappa shape index (κ1) is 29.7. The molecular formula is C31H36Cl2N4O3S. The minimum absolute atomic E-state index is 0.148. The van der Waals surface area contributed by atoms with Crippen LogP contribution in [0.25, 0.3) is 0 Å². The fourth-order valence-corrected chi connectivity index (χ4v) is 7.40. The lowest BCUT2D eigenvalue weighted by Gasteiger charge is -2.40. The van der Waals surface area contributed by atoms with Gasteiger partial charge in [0, 0.05) is 18.5 Å². The molecule has 0 bridgehead atoms. The highest BCUT2D eigenvalue weighted by atomic mass is 35.5. The summed E-state index contributed by atoms with van der Waals surface area (Å²) in [5.41, 5.74) is 3.68. The molecule has 1 fully saturated rings. The van der Waals surface area contributed by atoms with E-state index in [1.165, 1.54) is 6.26 Å². The number of hydrogen-bond acceptors (Lipinski definition) is 4. The Bertz CT molecular complexity index is 1490. The molecule has 1 spiro atoms. The van der Waals surface area contributed by atoms with E-state index in [1.54, 1.807) is 10.4 Å². The normalized spacial score (nSPS) is 18.1. The lowest BCUT2D eigenvalue weighted by atomic mass is 9.74. The van der Waals surface area contributed by atoms with Crippen LogP contribution in [0.2, 0.25) is 10.0 Å². The number of sulfonamides is 1. The van der Waals surface area contributed by atoms with E-state index in [-0.39, 0.29) is 23.5 Å². The molecule has 1 saturated heterocycles. The maximum atomic E-state index is 13.1. The van der Waals surface area contributed by atoms with Gasteiger partial charge in [0.2, 0.25) is 10.0 Å². The van der Waals surface area contributed by atoms with Crippen molar-refractivity contribution in [1.29, 1.82) is 0 Å². The summed E-state index contributed by atoms with van der Waals surface area (Å²) in [6, 6.07) is 22.5. The Labute approximate surface area is 252 Å². The molecule has 2 atom stereocenters. The van der Waals surface area contributed by atoms with Gasteiger partial charge in [-0.05, 0) is 74.2 Å². The second-order valence-corrected chi connectivity index (χ2v) is 13.9. The van der Waals surface area contributed by atoms with Crippen molar-refractivity contribution in [3.63, 3.8) is 0 Å². The fourth-order valence-electron chi connectivity index (χ4n) is 6.10. The van der Waals surface area contributed by atoms with Crippen LogP contribution in [0.3, 0.4) is 0 Å². The third-order valence-electron chi connectivity index (χ3n) is 8.44. The minimum atomic E-state index is -3.35. The first-order valence-electron chi connectivity index (χ1n) is 13.9. The summed E-state index contributed by atoms with van der Waals surface area (Å²) in [7, 11) is -3.35. The third kappa shape index (κ3) is 6.67. The number of carbonyl (C=O) groups is 1. The van der Waals surface area contributed by atoms with Crippen LogP contribution in [0.4, 0.5) is 10.5 Å². The number of piperidine rings is 1. The second kappa shape index (κ2) is 12.2. The molecule has 0 saturated carbocycles. The molecule has 2 aliphatic rings. The number of rotatable bonds is 8. The van der Waals surface area contributed by atoms with Crippen molar-refractivity contribution < 1.29 is 13.2 Å². The highest BCUT2D eigenvalue weighted by molar-refractivity contribution is 7.92. The van der Waals surface area contributed by atoms with Crippen LogP contribution in [0.1, 0.15) is 55.0 Å². The van der Waals surface area contributed by atoms with Gasteiger partial charge in [-0.25, -0.2) is 13.2 Å². The Kier molecular flexibility index (Phi) is 8.85. The van der Waals surface area contributed by atoms with Crippen molar-refractivity contribution in [2.45, 2.75) is 43.7 Å². The molecule has 1 unspecified atom stereocenters. The fraction of sp³-hybridized carbons (Fsp3) is 0.387. The Balaban J connectivity index is 1.25. The van der Waals surface area contributed by atoms with Gasteiger partial charge in [0.1, 0.15) is 0 Å². The average Bonchev–Trinajstić information content (AvgIpc) is 3.28. The minimum Gasteiger partial charge on any atom is -0.332 e. The number of nitrogens with one attached hydrogen (secondary N) is 2. The number of para-hydroxylation sites is 1. The maximum Gasteiger partial charge on any atom is 0.315 e. The van der Waals surface area contributed by atoms with E-state index in [0.717, 1.165) is 54.9 Å². The van der Waals surface area contributed by atoms with Crippen molar-refractivity contribution >= 4 is 44.9 Å². The molecule has 7 nitrogen and oxygen atoms in total. The summed E-state index contributed by atoms with van der Waals surface area (Å²) in [5.74, 6) is 0. The number of hydrogen-bond donors (Lipinski definition) is 2. The van der Waals surface area contributed by atoms with E-state index < -0.39 is 10.0 Å².